The second-order valence-corrected chi connectivity index (χ2v) is 8.66. The van der Waals surface area contributed by atoms with E-state index < -0.39 is 10.0 Å². The lowest BCUT2D eigenvalue weighted by molar-refractivity contribution is 0.0939. The Labute approximate surface area is 168 Å². The molecule has 6 nitrogen and oxygen atoms in total. The molecule has 2 rings (SSSR count). The molecule has 0 radical (unpaired) electrons. The smallest absolute Gasteiger partial charge is 0.251 e. The van der Waals surface area contributed by atoms with Crippen LogP contribution in [0.15, 0.2) is 51.8 Å². The molecule has 0 aliphatic heterocycles. The van der Waals surface area contributed by atoms with Gasteiger partial charge in [0.25, 0.3) is 5.91 Å². The summed E-state index contributed by atoms with van der Waals surface area (Å²) in [5.41, 5.74) is 1.19. The van der Waals surface area contributed by atoms with Crippen LogP contribution < -0.4 is 14.8 Å². The number of hydrogen-bond acceptors (Lipinski definition) is 4. The molecule has 0 bridgehead atoms. The van der Waals surface area contributed by atoms with Gasteiger partial charge in [-0.25, -0.2) is 13.1 Å². The van der Waals surface area contributed by atoms with Crippen molar-refractivity contribution in [3.63, 3.8) is 0 Å². The average Bonchev–Trinajstić information content (AvgIpc) is 2.66. The van der Waals surface area contributed by atoms with E-state index in [1.54, 1.807) is 6.07 Å². The number of sulfonamides is 1. The van der Waals surface area contributed by atoms with Crippen LogP contribution in [0.2, 0.25) is 0 Å². The van der Waals surface area contributed by atoms with Crippen LogP contribution in [0.4, 0.5) is 0 Å². The summed E-state index contributed by atoms with van der Waals surface area (Å²) < 4.78 is 33.6. The van der Waals surface area contributed by atoms with Gasteiger partial charge in [0, 0.05) is 16.6 Å². The molecule has 2 aromatic rings. The molecule has 27 heavy (non-hydrogen) atoms. The second kappa shape index (κ2) is 9.34. The molecular weight excluding hydrogens is 432 g/mol. The van der Waals surface area contributed by atoms with E-state index >= 15 is 0 Å². The van der Waals surface area contributed by atoms with Gasteiger partial charge in [-0.1, -0.05) is 35.0 Å². The molecule has 2 aromatic carbocycles. The molecule has 0 saturated heterocycles. The molecule has 1 amide bonds. The normalized spacial score (nSPS) is 12.4. The highest BCUT2D eigenvalue weighted by molar-refractivity contribution is 9.10. The summed E-state index contributed by atoms with van der Waals surface area (Å²) in [6, 6.07) is 11.7. The summed E-state index contributed by atoms with van der Waals surface area (Å²) in [5, 5.41) is 2.88. The largest absolute Gasteiger partial charge is 0.495 e. The zero-order valence-electron chi connectivity index (χ0n) is 15.5. The van der Waals surface area contributed by atoms with E-state index in [1.807, 2.05) is 38.1 Å². The van der Waals surface area contributed by atoms with Crippen molar-refractivity contribution in [1.82, 2.24) is 10.0 Å². The Bertz CT molecular complexity index is 898. The zero-order chi connectivity index (χ0) is 20.0. The molecule has 2 N–H and O–H groups in total. The fourth-order valence-corrected chi connectivity index (χ4v) is 4.05. The molecule has 0 heterocycles. The summed E-state index contributed by atoms with van der Waals surface area (Å²) in [5.74, 6) is -0.170. The van der Waals surface area contributed by atoms with Crippen LogP contribution in [0.3, 0.4) is 0 Å². The van der Waals surface area contributed by atoms with Crippen LogP contribution in [0, 0.1) is 0 Å². The summed E-state index contributed by atoms with van der Waals surface area (Å²) in [4.78, 5) is 12.6. The fourth-order valence-electron chi connectivity index (χ4n) is 2.46. The van der Waals surface area contributed by atoms with Gasteiger partial charge in [-0.3, -0.25) is 4.79 Å². The fraction of sp³-hybridized carbons (Fsp3) is 0.316. The minimum absolute atomic E-state index is 0.0533. The molecule has 146 valence electrons. The number of halogens is 1. The highest BCUT2D eigenvalue weighted by Gasteiger charge is 2.22. The number of ether oxygens (including phenoxy) is 1. The number of carbonyl (C=O) groups is 1. The number of hydrogen-bond donors (Lipinski definition) is 2. The minimum atomic E-state index is -3.77. The number of benzene rings is 2. The molecule has 0 aromatic heterocycles. The van der Waals surface area contributed by atoms with Gasteiger partial charge in [-0.15, -0.1) is 0 Å². The van der Waals surface area contributed by atoms with Gasteiger partial charge >= 0.3 is 0 Å². The first-order valence-electron chi connectivity index (χ1n) is 8.52. The summed E-state index contributed by atoms with van der Waals surface area (Å²) in [7, 11) is -2.37. The van der Waals surface area contributed by atoms with Crippen molar-refractivity contribution in [3.8, 4) is 5.75 Å². The van der Waals surface area contributed by atoms with E-state index in [0.29, 0.717) is 13.0 Å². The lowest BCUT2D eigenvalue weighted by Crippen LogP contribution is -2.28. The standard InChI is InChI=1S/C19H23BrN2O4S/c1-4-11-21-27(24,25)18-12-15(7-10-17(18)26-3)19(23)22-13(2)14-5-8-16(20)9-6-14/h5-10,12-13,21H,4,11H2,1-3H3,(H,22,23)/t13-/m1/s1. The molecule has 8 heteroatoms. The zero-order valence-corrected chi connectivity index (χ0v) is 17.9. The quantitative estimate of drug-likeness (QED) is 0.637. The maximum Gasteiger partial charge on any atom is 0.251 e. The Balaban J connectivity index is 2.26. The molecule has 0 saturated carbocycles. The van der Waals surface area contributed by atoms with Crippen molar-refractivity contribution in [2.45, 2.75) is 31.2 Å². The van der Waals surface area contributed by atoms with Crippen molar-refractivity contribution in [2.75, 3.05) is 13.7 Å². The summed E-state index contributed by atoms with van der Waals surface area (Å²) >= 11 is 3.38. The topological polar surface area (TPSA) is 84.5 Å². The molecular formula is C19H23BrN2O4S. The SMILES string of the molecule is CCCNS(=O)(=O)c1cc(C(=O)N[C@H](C)c2ccc(Br)cc2)ccc1OC. The number of nitrogens with one attached hydrogen (secondary N) is 2. The van der Waals surface area contributed by atoms with Gasteiger partial charge in [0.15, 0.2) is 0 Å². The van der Waals surface area contributed by atoms with Crippen molar-refractivity contribution >= 4 is 31.9 Å². The Morgan fingerprint density at radius 3 is 2.44 bits per heavy atom. The lowest BCUT2D eigenvalue weighted by atomic mass is 10.1. The van der Waals surface area contributed by atoms with E-state index in [-0.39, 0.29) is 28.2 Å². The monoisotopic (exact) mass is 454 g/mol. The summed E-state index contributed by atoms with van der Waals surface area (Å²) in [6.45, 7) is 4.04. The molecule has 0 fully saturated rings. The highest BCUT2D eigenvalue weighted by atomic mass is 79.9. The van der Waals surface area contributed by atoms with Gasteiger partial charge in [0.05, 0.1) is 13.2 Å². The predicted octanol–water partition coefficient (Wildman–Crippen LogP) is 3.64. The number of amides is 1. The van der Waals surface area contributed by atoms with Gasteiger partial charge < -0.3 is 10.1 Å². The third-order valence-electron chi connectivity index (χ3n) is 3.98. The first-order chi connectivity index (χ1) is 12.8. The van der Waals surface area contributed by atoms with Crippen molar-refractivity contribution in [1.29, 1.82) is 0 Å². The third-order valence-corrected chi connectivity index (χ3v) is 5.99. The average molecular weight is 455 g/mol. The van der Waals surface area contributed by atoms with Crippen molar-refractivity contribution < 1.29 is 17.9 Å². The van der Waals surface area contributed by atoms with Crippen LogP contribution in [-0.4, -0.2) is 28.0 Å². The van der Waals surface area contributed by atoms with E-state index in [0.717, 1.165) is 10.0 Å². The Morgan fingerprint density at radius 2 is 1.85 bits per heavy atom. The van der Waals surface area contributed by atoms with E-state index in [9.17, 15) is 13.2 Å². The second-order valence-electron chi connectivity index (χ2n) is 6.01. The molecule has 1 atom stereocenters. The van der Waals surface area contributed by atoms with Gasteiger partial charge in [-0.05, 0) is 49.2 Å². The molecule has 0 aliphatic carbocycles. The minimum Gasteiger partial charge on any atom is -0.495 e. The Morgan fingerprint density at radius 1 is 1.19 bits per heavy atom. The number of rotatable bonds is 8. The molecule has 0 aliphatic rings. The van der Waals surface area contributed by atoms with Gasteiger partial charge in [0.1, 0.15) is 10.6 Å². The van der Waals surface area contributed by atoms with Gasteiger partial charge in [-0.2, -0.15) is 0 Å². The molecule has 0 spiro atoms. The molecule has 0 unspecified atom stereocenters. The van der Waals surface area contributed by atoms with Crippen LogP contribution in [-0.2, 0) is 10.0 Å². The highest BCUT2D eigenvalue weighted by Crippen LogP contribution is 2.25. The maximum atomic E-state index is 12.6. The lowest BCUT2D eigenvalue weighted by Gasteiger charge is -2.16. The van der Waals surface area contributed by atoms with Crippen LogP contribution in [0.25, 0.3) is 0 Å². The first kappa shape index (κ1) is 21.4. The van der Waals surface area contributed by atoms with Crippen molar-refractivity contribution in [3.05, 3.63) is 58.1 Å². The van der Waals surface area contributed by atoms with E-state index in [4.69, 9.17) is 4.74 Å². The summed E-state index contributed by atoms with van der Waals surface area (Å²) in [6.07, 6.45) is 0.659. The van der Waals surface area contributed by atoms with Crippen LogP contribution in [0.5, 0.6) is 5.75 Å². The Kier molecular flexibility index (Phi) is 7.41. The van der Waals surface area contributed by atoms with Crippen LogP contribution >= 0.6 is 15.9 Å². The van der Waals surface area contributed by atoms with E-state index in [2.05, 4.69) is 26.0 Å². The van der Waals surface area contributed by atoms with Crippen molar-refractivity contribution in [2.24, 2.45) is 0 Å². The number of methoxy groups -OCH3 is 1. The maximum absolute atomic E-state index is 12.6. The number of carbonyl (C=O) groups excluding carboxylic acids is 1. The van der Waals surface area contributed by atoms with Gasteiger partial charge in [0.2, 0.25) is 10.0 Å². The van der Waals surface area contributed by atoms with Crippen LogP contribution in [0.1, 0.15) is 42.2 Å². The third kappa shape index (κ3) is 5.54. The predicted molar refractivity (Wildman–Crippen MR) is 108 cm³/mol. The van der Waals surface area contributed by atoms with E-state index in [1.165, 1.54) is 19.2 Å². The first-order valence-corrected chi connectivity index (χ1v) is 10.8. The Hall–Kier alpha value is -1.90.